The molecule has 3 heteroatoms. The molecule has 0 fully saturated rings. The Kier molecular flexibility index (Phi) is 3.05. The number of fused-ring (bicyclic) bond motifs is 1. The molecule has 3 nitrogen and oxygen atoms in total. The zero-order chi connectivity index (χ0) is 15.8. The normalized spacial score (nSPS) is 11.0. The van der Waals surface area contributed by atoms with Crippen LogP contribution >= 0.6 is 0 Å². The zero-order valence-corrected chi connectivity index (χ0v) is 12.5. The highest BCUT2D eigenvalue weighted by Gasteiger charge is 2.08. The molecule has 0 spiro atoms. The van der Waals surface area contributed by atoms with Gasteiger partial charge in [-0.25, -0.2) is 0 Å². The molecular formula is C20H16N2O. The van der Waals surface area contributed by atoms with Crippen molar-refractivity contribution in [2.75, 3.05) is 5.73 Å². The summed E-state index contributed by atoms with van der Waals surface area (Å²) in [5.74, 6) is 0.278. The summed E-state index contributed by atoms with van der Waals surface area (Å²) in [7, 11) is 0. The molecule has 0 aliphatic heterocycles. The fourth-order valence-electron chi connectivity index (χ4n) is 2.91. The van der Waals surface area contributed by atoms with Crippen molar-refractivity contribution in [2.45, 2.75) is 0 Å². The Bertz CT molecular complexity index is 987. The molecule has 0 aliphatic rings. The molecule has 3 aromatic carbocycles. The maximum atomic E-state index is 10.2. The van der Waals surface area contributed by atoms with E-state index in [1.165, 1.54) is 0 Å². The van der Waals surface area contributed by atoms with Gasteiger partial charge in [-0.3, -0.25) is 0 Å². The first-order valence-corrected chi connectivity index (χ1v) is 7.48. The van der Waals surface area contributed by atoms with Gasteiger partial charge >= 0.3 is 0 Å². The van der Waals surface area contributed by atoms with E-state index in [0.717, 1.165) is 33.4 Å². The summed E-state index contributed by atoms with van der Waals surface area (Å²) in [6.45, 7) is 0. The van der Waals surface area contributed by atoms with E-state index in [-0.39, 0.29) is 5.75 Å². The summed E-state index contributed by atoms with van der Waals surface area (Å²) >= 11 is 0. The Hall–Kier alpha value is -3.20. The summed E-state index contributed by atoms with van der Waals surface area (Å²) in [6.07, 6.45) is 2.02. The molecule has 23 heavy (non-hydrogen) atoms. The molecule has 112 valence electrons. The molecule has 0 atom stereocenters. The van der Waals surface area contributed by atoms with Gasteiger partial charge in [0.25, 0.3) is 0 Å². The third kappa shape index (κ3) is 2.32. The monoisotopic (exact) mass is 300 g/mol. The maximum Gasteiger partial charge on any atom is 0.123 e. The van der Waals surface area contributed by atoms with E-state index in [1.54, 1.807) is 6.07 Å². The Labute approximate surface area is 134 Å². The molecular weight excluding hydrogens is 284 g/mol. The lowest BCUT2D eigenvalue weighted by atomic mass is 10.0. The Morgan fingerprint density at radius 2 is 1.65 bits per heavy atom. The van der Waals surface area contributed by atoms with Crippen molar-refractivity contribution in [3.05, 3.63) is 79.0 Å². The number of aromatic hydroxyl groups is 1. The van der Waals surface area contributed by atoms with Gasteiger partial charge < -0.3 is 15.4 Å². The Morgan fingerprint density at radius 1 is 0.826 bits per heavy atom. The summed E-state index contributed by atoms with van der Waals surface area (Å²) in [4.78, 5) is 0. The first kappa shape index (κ1) is 13.5. The third-order valence-corrected chi connectivity index (χ3v) is 4.06. The number of phenols is 1. The number of nitrogen functional groups attached to an aromatic ring is 1. The summed E-state index contributed by atoms with van der Waals surface area (Å²) in [5.41, 5.74) is 10.5. The van der Waals surface area contributed by atoms with Gasteiger partial charge in [-0.1, -0.05) is 30.3 Å². The molecule has 0 radical (unpaired) electrons. The van der Waals surface area contributed by atoms with Gasteiger partial charge in [0.05, 0.1) is 5.52 Å². The van der Waals surface area contributed by atoms with Crippen molar-refractivity contribution in [1.82, 2.24) is 4.57 Å². The van der Waals surface area contributed by atoms with Crippen LogP contribution < -0.4 is 5.73 Å². The Morgan fingerprint density at radius 3 is 2.48 bits per heavy atom. The van der Waals surface area contributed by atoms with Crippen LogP contribution in [0.25, 0.3) is 27.7 Å². The van der Waals surface area contributed by atoms with E-state index in [2.05, 4.69) is 4.57 Å². The van der Waals surface area contributed by atoms with Crippen molar-refractivity contribution in [1.29, 1.82) is 0 Å². The second kappa shape index (κ2) is 5.21. The van der Waals surface area contributed by atoms with Crippen LogP contribution in [-0.2, 0) is 0 Å². The summed E-state index contributed by atoms with van der Waals surface area (Å²) < 4.78 is 2.10. The van der Waals surface area contributed by atoms with E-state index >= 15 is 0 Å². The van der Waals surface area contributed by atoms with Gasteiger partial charge in [0.2, 0.25) is 0 Å². The van der Waals surface area contributed by atoms with Gasteiger partial charge in [0.15, 0.2) is 0 Å². The van der Waals surface area contributed by atoms with Crippen LogP contribution in [0.1, 0.15) is 0 Å². The van der Waals surface area contributed by atoms with Crippen LogP contribution in [0.2, 0.25) is 0 Å². The van der Waals surface area contributed by atoms with Crippen molar-refractivity contribution < 1.29 is 5.11 Å². The SMILES string of the molecule is Nc1ccc2c(ccn2-c2ccc(O)c(-c3ccccc3)c2)c1. The van der Waals surface area contributed by atoms with Crippen LogP contribution in [-0.4, -0.2) is 9.67 Å². The van der Waals surface area contributed by atoms with Gasteiger partial charge in [0, 0.05) is 28.5 Å². The van der Waals surface area contributed by atoms with Crippen LogP contribution in [0.5, 0.6) is 5.75 Å². The molecule has 0 saturated heterocycles. The molecule has 4 aromatic rings. The predicted molar refractivity (Wildman–Crippen MR) is 94.8 cm³/mol. The number of anilines is 1. The maximum absolute atomic E-state index is 10.2. The second-order valence-electron chi connectivity index (χ2n) is 5.57. The van der Waals surface area contributed by atoms with Crippen molar-refractivity contribution >= 4 is 16.6 Å². The van der Waals surface area contributed by atoms with Gasteiger partial charge in [-0.05, 0) is 48.0 Å². The fraction of sp³-hybridized carbons (Fsp3) is 0. The zero-order valence-electron chi connectivity index (χ0n) is 12.5. The van der Waals surface area contributed by atoms with Crippen LogP contribution in [0, 0.1) is 0 Å². The van der Waals surface area contributed by atoms with Crippen LogP contribution in [0.15, 0.2) is 79.0 Å². The lowest BCUT2D eigenvalue weighted by Crippen LogP contribution is -1.93. The lowest BCUT2D eigenvalue weighted by molar-refractivity contribution is 0.477. The third-order valence-electron chi connectivity index (χ3n) is 4.06. The van der Waals surface area contributed by atoms with Crippen molar-refractivity contribution in [3.63, 3.8) is 0 Å². The molecule has 0 bridgehead atoms. The number of phenolic OH excluding ortho intramolecular Hbond substituents is 1. The van der Waals surface area contributed by atoms with Gasteiger partial charge in [0.1, 0.15) is 5.75 Å². The smallest absolute Gasteiger partial charge is 0.123 e. The average Bonchev–Trinajstić information content (AvgIpc) is 2.99. The molecule has 0 amide bonds. The minimum Gasteiger partial charge on any atom is -0.507 e. The predicted octanol–water partition coefficient (Wildman–Crippen LogP) is 4.59. The number of nitrogens with zero attached hydrogens (tertiary/aromatic N) is 1. The molecule has 0 saturated carbocycles. The minimum absolute atomic E-state index is 0.278. The highest BCUT2D eigenvalue weighted by atomic mass is 16.3. The quantitative estimate of drug-likeness (QED) is 0.532. The van der Waals surface area contributed by atoms with E-state index in [4.69, 9.17) is 5.73 Å². The minimum atomic E-state index is 0.278. The van der Waals surface area contributed by atoms with Gasteiger partial charge in [-0.15, -0.1) is 0 Å². The van der Waals surface area contributed by atoms with Crippen LogP contribution in [0.4, 0.5) is 5.69 Å². The highest BCUT2D eigenvalue weighted by Crippen LogP contribution is 2.32. The standard InChI is InChI=1S/C20H16N2O/c21-16-6-8-19-15(12-16)10-11-22(19)17-7-9-20(23)18(13-17)14-4-2-1-3-5-14/h1-13,23H,21H2. The number of hydrogen-bond acceptors (Lipinski definition) is 2. The van der Waals surface area contributed by atoms with E-state index in [9.17, 15) is 5.11 Å². The van der Waals surface area contributed by atoms with E-state index in [1.807, 2.05) is 72.9 Å². The fourth-order valence-corrected chi connectivity index (χ4v) is 2.91. The molecule has 0 unspecified atom stereocenters. The number of nitrogens with two attached hydrogens (primary N) is 1. The van der Waals surface area contributed by atoms with E-state index in [0.29, 0.717) is 0 Å². The first-order valence-electron chi connectivity index (χ1n) is 7.48. The lowest BCUT2D eigenvalue weighted by Gasteiger charge is -2.10. The highest BCUT2D eigenvalue weighted by molar-refractivity contribution is 5.85. The van der Waals surface area contributed by atoms with Crippen LogP contribution in [0.3, 0.4) is 0 Å². The number of benzene rings is 3. The Balaban J connectivity index is 1.89. The van der Waals surface area contributed by atoms with Crippen molar-refractivity contribution in [3.8, 4) is 22.6 Å². The first-order chi connectivity index (χ1) is 11.2. The molecule has 1 aromatic heterocycles. The van der Waals surface area contributed by atoms with Crippen molar-refractivity contribution in [2.24, 2.45) is 0 Å². The molecule has 3 N–H and O–H groups in total. The second-order valence-corrected chi connectivity index (χ2v) is 5.57. The summed E-state index contributed by atoms with van der Waals surface area (Å²) in [6, 6.07) is 23.5. The molecule has 1 heterocycles. The van der Waals surface area contributed by atoms with E-state index < -0.39 is 0 Å². The largest absolute Gasteiger partial charge is 0.507 e. The average molecular weight is 300 g/mol. The topological polar surface area (TPSA) is 51.2 Å². The van der Waals surface area contributed by atoms with Gasteiger partial charge in [-0.2, -0.15) is 0 Å². The number of aromatic nitrogens is 1. The molecule has 0 aliphatic carbocycles. The molecule has 4 rings (SSSR count). The number of rotatable bonds is 2. The number of hydrogen-bond donors (Lipinski definition) is 2. The summed E-state index contributed by atoms with van der Waals surface area (Å²) in [5, 5.41) is 11.3.